The summed E-state index contributed by atoms with van der Waals surface area (Å²) in [6.45, 7) is 2.77. The lowest BCUT2D eigenvalue weighted by molar-refractivity contribution is -0.139. The van der Waals surface area contributed by atoms with Crippen LogP contribution < -0.4 is 15.5 Å². The van der Waals surface area contributed by atoms with Gasteiger partial charge in [-0.3, -0.25) is 24.6 Å². The van der Waals surface area contributed by atoms with Gasteiger partial charge in [-0.1, -0.05) is 6.07 Å². The molecule has 8 nitrogen and oxygen atoms in total. The van der Waals surface area contributed by atoms with Crippen molar-refractivity contribution in [2.45, 2.75) is 44.4 Å². The standard InChI is InChI=1S/C21H28N4O4/c1-22-10-7-13-8-11-24(12-9-13)15-4-2-3-14-18(15)21(29)25(20(14)28)16-5-6-17(26)23-19(16)27/h2-4,13,16,21-22,29H,5-12H2,1H3,(H,23,26,27). The molecule has 2 fully saturated rings. The van der Waals surface area contributed by atoms with Crippen LogP contribution in [-0.4, -0.2) is 60.5 Å². The minimum atomic E-state index is -1.18. The van der Waals surface area contributed by atoms with E-state index in [2.05, 4.69) is 15.5 Å². The van der Waals surface area contributed by atoms with Gasteiger partial charge in [0.25, 0.3) is 5.91 Å². The van der Waals surface area contributed by atoms with E-state index in [1.807, 2.05) is 19.2 Å². The predicted molar refractivity (Wildman–Crippen MR) is 107 cm³/mol. The summed E-state index contributed by atoms with van der Waals surface area (Å²) in [5.74, 6) is -0.533. The molecule has 3 amide bonds. The summed E-state index contributed by atoms with van der Waals surface area (Å²) >= 11 is 0. The number of rotatable bonds is 5. The second-order valence-corrected chi connectivity index (χ2v) is 8.11. The maximum atomic E-state index is 13.0. The van der Waals surface area contributed by atoms with Crippen molar-refractivity contribution < 1.29 is 19.5 Å². The highest BCUT2D eigenvalue weighted by atomic mass is 16.3. The summed E-state index contributed by atoms with van der Waals surface area (Å²) in [4.78, 5) is 40.2. The van der Waals surface area contributed by atoms with E-state index in [1.54, 1.807) is 6.07 Å². The predicted octanol–water partition coefficient (Wildman–Crippen LogP) is 0.764. The van der Waals surface area contributed by atoms with Crippen molar-refractivity contribution in [3.63, 3.8) is 0 Å². The van der Waals surface area contributed by atoms with E-state index < -0.39 is 18.2 Å². The van der Waals surface area contributed by atoms with Crippen LogP contribution in [0, 0.1) is 5.92 Å². The Morgan fingerprint density at radius 1 is 1.17 bits per heavy atom. The van der Waals surface area contributed by atoms with E-state index in [-0.39, 0.29) is 24.7 Å². The fourth-order valence-electron chi connectivity index (χ4n) is 4.75. The van der Waals surface area contributed by atoms with Crippen LogP contribution in [0.15, 0.2) is 18.2 Å². The minimum Gasteiger partial charge on any atom is -0.371 e. The number of nitrogens with zero attached hydrogens (tertiary/aromatic N) is 2. The van der Waals surface area contributed by atoms with Gasteiger partial charge in [0, 0.05) is 36.3 Å². The second kappa shape index (κ2) is 8.12. The van der Waals surface area contributed by atoms with Crippen LogP contribution in [0.1, 0.15) is 54.3 Å². The third kappa shape index (κ3) is 3.62. The number of amides is 3. The maximum absolute atomic E-state index is 13.0. The first-order chi connectivity index (χ1) is 14.0. The fourth-order valence-corrected chi connectivity index (χ4v) is 4.75. The molecule has 2 unspecified atom stereocenters. The molecule has 0 aromatic heterocycles. The monoisotopic (exact) mass is 400 g/mol. The number of carbonyl (C=O) groups is 3. The fraction of sp³-hybridized carbons (Fsp3) is 0.571. The molecule has 29 heavy (non-hydrogen) atoms. The number of imide groups is 1. The number of anilines is 1. The van der Waals surface area contributed by atoms with Crippen molar-refractivity contribution in [2.24, 2.45) is 5.92 Å². The lowest BCUT2D eigenvalue weighted by Crippen LogP contribution is -2.53. The number of fused-ring (bicyclic) bond motifs is 1. The smallest absolute Gasteiger partial charge is 0.257 e. The number of aliphatic hydroxyl groups is 1. The molecule has 2 saturated heterocycles. The Kier molecular flexibility index (Phi) is 5.56. The van der Waals surface area contributed by atoms with Crippen LogP contribution in [0.25, 0.3) is 0 Å². The third-order valence-electron chi connectivity index (χ3n) is 6.37. The maximum Gasteiger partial charge on any atom is 0.257 e. The van der Waals surface area contributed by atoms with Gasteiger partial charge in [0.05, 0.1) is 0 Å². The molecule has 0 saturated carbocycles. The quantitative estimate of drug-likeness (QED) is 0.631. The first-order valence-electron chi connectivity index (χ1n) is 10.4. The highest BCUT2D eigenvalue weighted by molar-refractivity contribution is 6.06. The van der Waals surface area contributed by atoms with E-state index in [1.165, 1.54) is 4.90 Å². The molecule has 4 rings (SSSR count). The van der Waals surface area contributed by atoms with Crippen molar-refractivity contribution >= 4 is 23.4 Å². The highest BCUT2D eigenvalue weighted by Gasteiger charge is 2.45. The van der Waals surface area contributed by atoms with Gasteiger partial charge in [0.1, 0.15) is 6.04 Å². The van der Waals surface area contributed by atoms with E-state index in [9.17, 15) is 19.5 Å². The molecule has 3 aliphatic heterocycles. The Morgan fingerprint density at radius 2 is 1.93 bits per heavy atom. The summed E-state index contributed by atoms with van der Waals surface area (Å²) in [5.41, 5.74) is 1.89. The third-order valence-corrected chi connectivity index (χ3v) is 6.37. The lowest BCUT2D eigenvalue weighted by Gasteiger charge is -2.36. The van der Waals surface area contributed by atoms with Crippen molar-refractivity contribution in [1.29, 1.82) is 0 Å². The van der Waals surface area contributed by atoms with Crippen molar-refractivity contribution in [3.05, 3.63) is 29.3 Å². The van der Waals surface area contributed by atoms with Gasteiger partial charge in [-0.15, -0.1) is 0 Å². The molecular weight excluding hydrogens is 372 g/mol. The Balaban J connectivity index is 1.55. The zero-order valence-corrected chi connectivity index (χ0v) is 16.7. The summed E-state index contributed by atoms with van der Waals surface area (Å²) in [7, 11) is 1.97. The van der Waals surface area contributed by atoms with Crippen LogP contribution in [0.5, 0.6) is 0 Å². The normalized spacial score (nSPS) is 25.4. The Hall–Kier alpha value is -2.45. The number of carbonyl (C=O) groups excluding carboxylic acids is 3. The zero-order valence-electron chi connectivity index (χ0n) is 16.7. The van der Waals surface area contributed by atoms with Gasteiger partial charge < -0.3 is 15.3 Å². The van der Waals surface area contributed by atoms with Gasteiger partial charge in [0.2, 0.25) is 11.8 Å². The van der Waals surface area contributed by atoms with Crippen LogP contribution in [0.2, 0.25) is 0 Å². The molecular formula is C21H28N4O4. The van der Waals surface area contributed by atoms with Gasteiger partial charge in [-0.2, -0.15) is 0 Å². The number of aliphatic hydroxyl groups excluding tert-OH is 1. The lowest BCUT2D eigenvalue weighted by atomic mass is 9.92. The van der Waals surface area contributed by atoms with Gasteiger partial charge in [-0.25, -0.2) is 0 Å². The Morgan fingerprint density at radius 3 is 2.62 bits per heavy atom. The minimum absolute atomic E-state index is 0.163. The van der Waals surface area contributed by atoms with E-state index in [4.69, 9.17) is 0 Å². The largest absolute Gasteiger partial charge is 0.371 e. The van der Waals surface area contributed by atoms with Crippen LogP contribution in [0.3, 0.4) is 0 Å². The second-order valence-electron chi connectivity index (χ2n) is 8.11. The molecule has 0 radical (unpaired) electrons. The SMILES string of the molecule is CNCCC1CCN(c2cccc3c2C(O)N(C2CCC(=O)NC2=O)C3=O)CC1. The summed E-state index contributed by atoms with van der Waals surface area (Å²) in [6.07, 6.45) is 2.52. The first-order valence-corrected chi connectivity index (χ1v) is 10.4. The molecule has 1 aromatic carbocycles. The van der Waals surface area contributed by atoms with Gasteiger partial charge in [-0.05, 0) is 57.3 Å². The number of nitrogens with one attached hydrogen (secondary N) is 2. The average molecular weight is 400 g/mol. The first kappa shape index (κ1) is 19.8. The van der Waals surface area contributed by atoms with E-state index in [0.29, 0.717) is 17.0 Å². The molecule has 0 aliphatic carbocycles. The molecule has 2 atom stereocenters. The van der Waals surface area contributed by atoms with Crippen molar-refractivity contribution in [1.82, 2.24) is 15.5 Å². The molecule has 8 heteroatoms. The van der Waals surface area contributed by atoms with E-state index in [0.717, 1.165) is 44.6 Å². The molecule has 0 spiro atoms. The van der Waals surface area contributed by atoms with Crippen molar-refractivity contribution in [2.75, 3.05) is 31.6 Å². The summed E-state index contributed by atoms with van der Waals surface area (Å²) in [5, 5.41) is 16.5. The zero-order chi connectivity index (χ0) is 20.5. The molecule has 3 aliphatic rings. The molecule has 0 bridgehead atoms. The van der Waals surface area contributed by atoms with E-state index >= 15 is 0 Å². The molecule has 3 N–H and O–H groups in total. The summed E-state index contributed by atoms with van der Waals surface area (Å²) < 4.78 is 0. The van der Waals surface area contributed by atoms with Crippen LogP contribution in [-0.2, 0) is 9.59 Å². The Labute approximate surface area is 170 Å². The molecule has 1 aromatic rings. The van der Waals surface area contributed by atoms with Crippen LogP contribution in [0.4, 0.5) is 5.69 Å². The number of hydrogen-bond donors (Lipinski definition) is 3. The van der Waals surface area contributed by atoms with Gasteiger partial charge >= 0.3 is 0 Å². The van der Waals surface area contributed by atoms with Gasteiger partial charge in [0.15, 0.2) is 6.23 Å². The number of piperidine rings is 2. The average Bonchev–Trinajstić information content (AvgIpc) is 2.98. The number of hydrogen-bond acceptors (Lipinski definition) is 6. The summed E-state index contributed by atoms with van der Waals surface area (Å²) in [6, 6.07) is 4.65. The van der Waals surface area contributed by atoms with Crippen molar-refractivity contribution in [3.8, 4) is 0 Å². The molecule has 3 heterocycles. The topological polar surface area (TPSA) is 102 Å². The highest BCUT2D eigenvalue weighted by Crippen LogP contribution is 2.41. The Bertz CT molecular complexity index is 819. The van der Waals surface area contributed by atoms with Crippen LogP contribution >= 0.6 is 0 Å². The number of benzene rings is 1. The molecule has 156 valence electrons.